The van der Waals surface area contributed by atoms with Gasteiger partial charge in [0, 0.05) is 17.7 Å². The third-order valence-corrected chi connectivity index (χ3v) is 3.68. The lowest BCUT2D eigenvalue weighted by molar-refractivity contribution is -0.384. The Balaban J connectivity index is 2.35. The molecular weight excluding hydrogens is 417 g/mol. The molecule has 0 radical (unpaired) electrons. The molecule has 0 saturated heterocycles. The van der Waals surface area contributed by atoms with E-state index in [9.17, 15) is 19.7 Å². The summed E-state index contributed by atoms with van der Waals surface area (Å²) in [4.78, 5) is 33.2. The molecule has 0 unspecified atom stereocenters. The summed E-state index contributed by atoms with van der Waals surface area (Å²) in [6, 6.07) is 8.18. The number of esters is 1. The number of methoxy groups -OCH3 is 1. The van der Waals surface area contributed by atoms with Crippen LogP contribution in [0.5, 0.6) is 11.5 Å². The maximum absolute atomic E-state index is 12.2. The van der Waals surface area contributed by atoms with Gasteiger partial charge in [0.25, 0.3) is 5.69 Å². The quantitative estimate of drug-likeness (QED) is 0.182. The van der Waals surface area contributed by atoms with E-state index in [1.807, 2.05) is 22.6 Å². The van der Waals surface area contributed by atoms with Crippen molar-refractivity contribution in [3.8, 4) is 11.5 Å². The van der Waals surface area contributed by atoms with Gasteiger partial charge in [0.2, 0.25) is 0 Å². The van der Waals surface area contributed by atoms with Crippen molar-refractivity contribution >= 4 is 40.5 Å². The number of carbonyl (C=O) groups excluding carboxylic acids is 2. The van der Waals surface area contributed by atoms with E-state index in [0.29, 0.717) is 15.4 Å². The number of aldehydes is 1. The Morgan fingerprint density at radius 3 is 2.65 bits per heavy atom. The summed E-state index contributed by atoms with van der Waals surface area (Å²) in [7, 11) is 1.38. The first-order chi connectivity index (χ1) is 11.0. The minimum absolute atomic E-state index is 0.0384. The van der Waals surface area contributed by atoms with Crippen molar-refractivity contribution in [3.05, 3.63) is 61.2 Å². The molecule has 2 aromatic rings. The summed E-state index contributed by atoms with van der Waals surface area (Å²) in [5.74, 6) is -0.392. The molecule has 23 heavy (non-hydrogen) atoms. The molecule has 0 heterocycles. The van der Waals surface area contributed by atoms with Gasteiger partial charge in [-0.25, -0.2) is 4.79 Å². The molecule has 0 aliphatic carbocycles. The van der Waals surface area contributed by atoms with Crippen LogP contribution in [0.4, 0.5) is 5.69 Å². The lowest BCUT2D eigenvalue weighted by atomic mass is 10.2. The molecule has 2 rings (SSSR count). The zero-order valence-electron chi connectivity index (χ0n) is 11.8. The minimum Gasteiger partial charge on any atom is -0.493 e. The standard InChI is InChI=1S/C15H10INO6/c1-22-13-6-9(8-18)5-12(16)14(13)23-15(19)10-3-2-4-11(7-10)17(20)21/h2-8H,1H3. The number of halogens is 1. The third kappa shape index (κ3) is 3.83. The van der Waals surface area contributed by atoms with E-state index in [2.05, 4.69) is 0 Å². The molecule has 0 N–H and O–H groups in total. The second kappa shape index (κ2) is 7.18. The van der Waals surface area contributed by atoms with E-state index in [1.165, 1.54) is 37.4 Å². The number of nitro groups is 1. The van der Waals surface area contributed by atoms with E-state index in [4.69, 9.17) is 9.47 Å². The molecule has 118 valence electrons. The number of hydrogen-bond acceptors (Lipinski definition) is 6. The first kappa shape index (κ1) is 16.9. The van der Waals surface area contributed by atoms with Gasteiger partial charge in [-0.15, -0.1) is 0 Å². The number of nitro benzene ring substituents is 1. The SMILES string of the molecule is COc1cc(C=O)cc(I)c1OC(=O)c1cccc([N+](=O)[O-])c1. The van der Waals surface area contributed by atoms with Crippen LogP contribution in [0, 0.1) is 13.7 Å². The molecule has 8 heteroatoms. The summed E-state index contributed by atoms with van der Waals surface area (Å²) in [6.45, 7) is 0. The highest BCUT2D eigenvalue weighted by Crippen LogP contribution is 2.34. The average molecular weight is 427 g/mol. The fourth-order valence-corrected chi connectivity index (χ4v) is 2.54. The van der Waals surface area contributed by atoms with Crippen LogP contribution in [0.1, 0.15) is 20.7 Å². The van der Waals surface area contributed by atoms with Gasteiger partial charge in [-0.05, 0) is 40.8 Å². The van der Waals surface area contributed by atoms with Crippen molar-refractivity contribution in [1.82, 2.24) is 0 Å². The Hall–Kier alpha value is -2.49. The molecule has 0 saturated carbocycles. The maximum Gasteiger partial charge on any atom is 0.343 e. The van der Waals surface area contributed by atoms with Crippen LogP contribution in [-0.4, -0.2) is 24.3 Å². The Kier molecular flexibility index (Phi) is 5.27. The largest absolute Gasteiger partial charge is 0.493 e. The van der Waals surface area contributed by atoms with Crippen molar-refractivity contribution < 1.29 is 24.0 Å². The summed E-state index contributed by atoms with van der Waals surface area (Å²) < 4.78 is 10.9. The molecule has 0 bridgehead atoms. The first-order valence-corrected chi connectivity index (χ1v) is 7.33. The van der Waals surface area contributed by atoms with Crippen molar-refractivity contribution in [2.75, 3.05) is 7.11 Å². The molecule has 0 atom stereocenters. The number of nitrogens with zero attached hydrogens (tertiary/aromatic N) is 1. The van der Waals surface area contributed by atoms with Gasteiger partial charge in [0.05, 0.1) is 21.2 Å². The number of non-ortho nitro benzene ring substituents is 1. The minimum atomic E-state index is -0.760. The fourth-order valence-electron chi connectivity index (χ4n) is 1.80. The highest BCUT2D eigenvalue weighted by atomic mass is 127. The van der Waals surface area contributed by atoms with Crippen LogP contribution in [0.25, 0.3) is 0 Å². The van der Waals surface area contributed by atoms with Gasteiger partial charge in [-0.2, -0.15) is 0 Å². The van der Waals surface area contributed by atoms with Gasteiger partial charge in [0.1, 0.15) is 6.29 Å². The molecule has 7 nitrogen and oxygen atoms in total. The number of carbonyl (C=O) groups is 2. The highest BCUT2D eigenvalue weighted by molar-refractivity contribution is 14.1. The topological polar surface area (TPSA) is 95.7 Å². The second-order valence-electron chi connectivity index (χ2n) is 4.35. The Bertz CT molecular complexity index is 790. The molecule has 0 aliphatic rings. The smallest absolute Gasteiger partial charge is 0.343 e. The number of rotatable bonds is 5. The van der Waals surface area contributed by atoms with E-state index in [1.54, 1.807) is 0 Å². The van der Waals surface area contributed by atoms with Gasteiger partial charge in [-0.1, -0.05) is 6.07 Å². The molecule has 0 aromatic heterocycles. The van der Waals surface area contributed by atoms with Gasteiger partial charge >= 0.3 is 5.97 Å². The fraction of sp³-hybridized carbons (Fsp3) is 0.0667. The lowest BCUT2D eigenvalue weighted by Crippen LogP contribution is -2.11. The third-order valence-electron chi connectivity index (χ3n) is 2.88. The first-order valence-electron chi connectivity index (χ1n) is 6.25. The zero-order chi connectivity index (χ0) is 17.0. The van der Waals surface area contributed by atoms with E-state index in [-0.39, 0.29) is 22.7 Å². The van der Waals surface area contributed by atoms with E-state index < -0.39 is 10.9 Å². The second-order valence-corrected chi connectivity index (χ2v) is 5.51. The average Bonchev–Trinajstić information content (AvgIpc) is 2.56. The highest BCUT2D eigenvalue weighted by Gasteiger charge is 2.18. The summed E-state index contributed by atoms with van der Waals surface area (Å²) in [5.41, 5.74) is 0.204. The van der Waals surface area contributed by atoms with Crippen LogP contribution in [-0.2, 0) is 0 Å². The van der Waals surface area contributed by atoms with E-state index >= 15 is 0 Å². The van der Waals surface area contributed by atoms with Crippen molar-refractivity contribution in [2.45, 2.75) is 0 Å². The number of ether oxygens (including phenoxy) is 2. The summed E-state index contributed by atoms with van der Waals surface area (Å²) in [6.07, 6.45) is 0.650. The van der Waals surface area contributed by atoms with Gasteiger partial charge in [-0.3, -0.25) is 14.9 Å². The maximum atomic E-state index is 12.2. The molecule has 0 fully saturated rings. The van der Waals surface area contributed by atoms with Crippen molar-refractivity contribution in [1.29, 1.82) is 0 Å². The van der Waals surface area contributed by atoms with Crippen LogP contribution in [0.2, 0.25) is 0 Å². The molecule has 0 spiro atoms. The monoisotopic (exact) mass is 427 g/mol. The predicted octanol–water partition coefficient (Wildman–Crippen LogP) is 3.24. The zero-order valence-corrected chi connectivity index (χ0v) is 14.0. The Morgan fingerprint density at radius 2 is 2.04 bits per heavy atom. The van der Waals surface area contributed by atoms with Crippen LogP contribution in [0.15, 0.2) is 36.4 Å². The number of hydrogen-bond donors (Lipinski definition) is 0. The molecular formula is C15H10INO6. The summed E-state index contributed by atoms with van der Waals surface area (Å²) in [5, 5.41) is 10.8. The van der Waals surface area contributed by atoms with Crippen molar-refractivity contribution in [3.63, 3.8) is 0 Å². The van der Waals surface area contributed by atoms with Gasteiger partial charge < -0.3 is 9.47 Å². The molecule has 0 amide bonds. The molecule has 0 aliphatic heterocycles. The predicted molar refractivity (Wildman–Crippen MR) is 89.2 cm³/mol. The van der Waals surface area contributed by atoms with Crippen LogP contribution >= 0.6 is 22.6 Å². The molecule has 2 aromatic carbocycles. The van der Waals surface area contributed by atoms with E-state index in [0.717, 1.165) is 6.07 Å². The Labute approximate surface area is 144 Å². The van der Waals surface area contributed by atoms with Crippen LogP contribution in [0.3, 0.4) is 0 Å². The normalized spacial score (nSPS) is 10.0. The van der Waals surface area contributed by atoms with Crippen LogP contribution < -0.4 is 9.47 Å². The van der Waals surface area contributed by atoms with Crippen molar-refractivity contribution in [2.24, 2.45) is 0 Å². The lowest BCUT2D eigenvalue weighted by Gasteiger charge is -2.11. The summed E-state index contributed by atoms with van der Waals surface area (Å²) >= 11 is 1.90. The number of benzene rings is 2. The van der Waals surface area contributed by atoms with Gasteiger partial charge in [0.15, 0.2) is 11.5 Å². The Morgan fingerprint density at radius 1 is 1.30 bits per heavy atom.